The van der Waals surface area contributed by atoms with Crippen molar-refractivity contribution in [3.63, 3.8) is 0 Å². The van der Waals surface area contributed by atoms with Crippen LogP contribution in [0.15, 0.2) is 0 Å². The number of ether oxygens (including phenoxy) is 4. The van der Waals surface area contributed by atoms with E-state index in [0.29, 0.717) is 6.42 Å². The summed E-state index contributed by atoms with van der Waals surface area (Å²) < 4.78 is 23.6. The molecular weight excluding hydrogens is 476 g/mol. The maximum atomic E-state index is 11.4. The van der Waals surface area contributed by atoms with Gasteiger partial charge in [-0.15, -0.1) is 0 Å². The molecule has 0 aromatic heterocycles. The van der Waals surface area contributed by atoms with E-state index >= 15 is 0 Å². The van der Waals surface area contributed by atoms with Crippen LogP contribution in [0.1, 0.15) is 32.6 Å². The van der Waals surface area contributed by atoms with Crippen molar-refractivity contribution in [1.82, 2.24) is 10.6 Å². The van der Waals surface area contributed by atoms with Crippen LogP contribution in [-0.4, -0.2) is 126 Å². The zero-order valence-corrected chi connectivity index (χ0v) is 21.0. The van der Waals surface area contributed by atoms with E-state index in [-0.39, 0.29) is 31.5 Å². The number of hydrogen-bond acceptors (Lipinski definition) is 13. The Balaban J connectivity index is 1.79. The molecule has 0 spiro atoms. The van der Waals surface area contributed by atoms with Gasteiger partial charge in [-0.2, -0.15) is 0 Å². The van der Waals surface area contributed by atoms with Gasteiger partial charge in [-0.05, 0) is 33.2 Å². The molecule has 210 valence electrons. The van der Waals surface area contributed by atoms with E-state index in [0.717, 1.165) is 12.8 Å². The van der Waals surface area contributed by atoms with Crippen molar-refractivity contribution in [3.8, 4) is 0 Å². The number of nitrogens with two attached hydrogens (primary N) is 3. The van der Waals surface area contributed by atoms with E-state index in [2.05, 4.69) is 10.6 Å². The van der Waals surface area contributed by atoms with Crippen molar-refractivity contribution in [2.24, 2.45) is 17.2 Å². The van der Waals surface area contributed by atoms with E-state index in [4.69, 9.17) is 41.6 Å². The van der Waals surface area contributed by atoms with Gasteiger partial charge >= 0.3 is 0 Å². The van der Waals surface area contributed by atoms with Crippen LogP contribution in [-0.2, 0) is 18.9 Å². The van der Waals surface area contributed by atoms with Crippen LogP contribution < -0.4 is 27.8 Å². The van der Waals surface area contributed by atoms with Crippen molar-refractivity contribution in [3.05, 3.63) is 0 Å². The molecule has 13 N–H and O–H groups in total. The molecule has 1 saturated carbocycles. The molecule has 14 heteroatoms. The minimum Gasteiger partial charge on any atom is -0.388 e. The Hall–Kier alpha value is -1.01. The van der Waals surface area contributed by atoms with Gasteiger partial charge in [0.25, 0.3) is 0 Å². The third-order valence-corrected chi connectivity index (χ3v) is 7.20. The third-order valence-electron chi connectivity index (χ3n) is 7.20. The predicted octanol–water partition coefficient (Wildman–Crippen LogP) is -3.99. The summed E-state index contributed by atoms with van der Waals surface area (Å²) in [5.74, 6) is -0.187. The minimum absolute atomic E-state index is 0.127. The molecule has 0 radical (unpaired) electrons. The van der Waals surface area contributed by atoms with Crippen LogP contribution in [0.4, 0.5) is 0 Å². The fourth-order valence-corrected chi connectivity index (χ4v) is 5.20. The average molecular weight is 521 g/mol. The second-order valence-corrected chi connectivity index (χ2v) is 10.3. The molecule has 12 atom stereocenters. The summed E-state index contributed by atoms with van der Waals surface area (Å²) in [4.78, 5) is 0. The molecule has 1 aliphatic carbocycles. The van der Waals surface area contributed by atoms with Gasteiger partial charge in [-0.3, -0.25) is 5.41 Å². The molecule has 2 heterocycles. The highest BCUT2D eigenvalue weighted by Crippen LogP contribution is 2.31. The number of likely N-dealkylation sites (N-methyl/N-ethyl adjacent to an activating group) is 1. The van der Waals surface area contributed by atoms with Crippen LogP contribution in [0.25, 0.3) is 0 Å². The summed E-state index contributed by atoms with van der Waals surface area (Å²) in [6.07, 6.45) is -4.24. The Bertz CT molecular complexity index is 720. The lowest BCUT2D eigenvalue weighted by Gasteiger charge is -2.49. The Labute approximate surface area is 211 Å². The fraction of sp³-hybridized carbons (Fsp3) is 0.955. The molecule has 0 aromatic carbocycles. The molecule has 3 aliphatic rings. The number of amidine groups is 1. The molecule has 0 bridgehead atoms. The number of rotatable bonds is 7. The molecule has 0 amide bonds. The van der Waals surface area contributed by atoms with E-state index in [1.807, 2.05) is 0 Å². The second-order valence-electron chi connectivity index (χ2n) is 10.3. The highest BCUT2D eigenvalue weighted by molar-refractivity contribution is 5.80. The van der Waals surface area contributed by atoms with Crippen molar-refractivity contribution in [2.75, 3.05) is 26.9 Å². The Kier molecular flexibility index (Phi) is 10.4. The molecule has 14 nitrogen and oxygen atoms in total. The van der Waals surface area contributed by atoms with Crippen LogP contribution in [0.2, 0.25) is 0 Å². The maximum Gasteiger partial charge on any atom is 0.185 e. The quantitative estimate of drug-likeness (QED) is 0.114. The lowest BCUT2D eigenvalue weighted by Crippen LogP contribution is -2.69. The van der Waals surface area contributed by atoms with E-state index in [1.54, 1.807) is 7.05 Å². The van der Waals surface area contributed by atoms with Crippen LogP contribution in [0, 0.1) is 5.41 Å². The van der Waals surface area contributed by atoms with Crippen molar-refractivity contribution < 1.29 is 39.4 Å². The van der Waals surface area contributed by atoms with Gasteiger partial charge < -0.3 is 67.2 Å². The Morgan fingerprint density at radius 3 is 2.42 bits per heavy atom. The lowest BCUT2D eigenvalue weighted by atomic mass is 9.83. The zero-order valence-electron chi connectivity index (χ0n) is 21.0. The van der Waals surface area contributed by atoms with Crippen LogP contribution in [0.5, 0.6) is 0 Å². The predicted molar refractivity (Wildman–Crippen MR) is 129 cm³/mol. The molecule has 3 rings (SSSR count). The standard InChI is InChI=1S/C22H44N6O8/c1-22(32)9-34-21(16(31)19(22)27-2)36-18-13(28-14(26)7-29)6-12(25)17(15(18)30)35-20-11(24)5-3-4-10(23)8-33-20/h10-13,15-21,27,29-32H,3-9,23-25H2,1-2H3,(H2,26,28)/t10?,11?,12-,13+,15?,16?,17?,18?,19+,20+,21+,22?/m0/s1. The van der Waals surface area contributed by atoms with Crippen molar-refractivity contribution in [2.45, 2.75) is 105 Å². The van der Waals surface area contributed by atoms with Gasteiger partial charge in [-0.25, -0.2) is 0 Å². The van der Waals surface area contributed by atoms with Crippen molar-refractivity contribution in [1.29, 1.82) is 5.41 Å². The number of nitrogens with one attached hydrogen (secondary N) is 3. The van der Waals surface area contributed by atoms with E-state index in [9.17, 15) is 20.4 Å². The first-order valence-electron chi connectivity index (χ1n) is 12.5. The smallest absolute Gasteiger partial charge is 0.185 e. The highest BCUT2D eigenvalue weighted by Gasteiger charge is 2.51. The maximum absolute atomic E-state index is 11.4. The summed E-state index contributed by atoms with van der Waals surface area (Å²) in [6, 6.07) is -2.76. The summed E-state index contributed by atoms with van der Waals surface area (Å²) in [7, 11) is 1.60. The van der Waals surface area contributed by atoms with Crippen LogP contribution in [0.3, 0.4) is 0 Å². The van der Waals surface area contributed by atoms with Gasteiger partial charge in [0, 0.05) is 12.1 Å². The average Bonchev–Trinajstić information content (AvgIpc) is 2.81. The molecule has 2 saturated heterocycles. The normalized spacial score (nSPS) is 46.5. The summed E-state index contributed by atoms with van der Waals surface area (Å²) in [6.45, 7) is 1.11. The van der Waals surface area contributed by atoms with Crippen LogP contribution >= 0.6 is 0 Å². The molecule has 3 fully saturated rings. The third kappa shape index (κ3) is 6.89. The van der Waals surface area contributed by atoms with Crippen molar-refractivity contribution >= 4 is 5.84 Å². The zero-order chi connectivity index (χ0) is 26.6. The molecule has 36 heavy (non-hydrogen) atoms. The number of aliphatic hydroxyl groups is 4. The Morgan fingerprint density at radius 2 is 1.75 bits per heavy atom. The topological polar surface area (TPSA) is 244 Å². The first-order valence-corrected chi connectivity index (χ1v) is 12.5. The summed E-state index contributed by atoms with van der Waals surface area (Å²) in [5, 5.41) is 55.7. The summed E-state index contributed by atoms with van der Waals surface area (Å²) in [5.41, 5.74) is 17.3. The largest absolute Gasteiger partial charge is 0.388 e. The van der Waals surface area contributed by atoms with Gasteiger partial charge in [-0.1, -0.05) is 6.42 Å². The second kappa shape index (κ2) is 12.7. The fourth-order valence-electron chi connectivity index (χ4n) is 5.20. The van der Waals surface area contributed by atoms with Gasteiger partial charge in [0.2, 0.25) is 0 Å². The SMILES string of the molecule is CN[C@@H]1C(O)[C@@H](OC2C(O)C(O[C@H]3OCC(N)CCCC3N)[C@@H](N)C[C@H]2NC(=N)CO)OCC1(C)O. The first-order chi connectivity index (χ1) is 17.0. The van der Waals surface area contributed by atoms with E-state index in [1.165, 1.54) is 6.92 Å². The number of aliphatic hydroxyl groups excluding tert-OH is 3. The lowest BCUT2D eigenvalue weighted by molar-refractivity contribution is -0.304. The van der Waals surface area contributed by atoms with E-state index < -0.39 is 73.4 Å². The number of hydrogen-bond donors (Lipinski definition) is 10. The van der Waals surface area contributed by atoms with Gasteiger partial charge in [0.1, 0.15) is 42.5 Å². The summed E-state index contributed by atoms with van der Waals surface area (Å²) >= 11 is 0. The monoisotopic (exact) mass is 520 g/mol. The minimum atomic E-state index is -1.35. The molecule has 7 unspecified atom stereocenters. The molecule has 2 aliphatic heterocycles. The molecular formula is C22H44N6O8. The van der Waals surface area contributed by atoms with Gasteiger partial charge in [0.15, 0.2) is 12.6 Å². The highest BCUT2D eigenvalue weighted by atomic mass is 16.7. The Morgan fingerprint density at radius 1 is 1.06 bits per heavy atom. The molecule has 0 aromatic rings. The van der Waals surface area contributed by atoms with Gasteiger partial charge in [0.05, 0.1) is 31.3 Å². The first kappa shape index (κ1) is 29.5.